The molecule has 0 bridgehead atoms. The van der Waals surface area contributed by atoms with Gasteiger partial charge < -0.3 is 10.1 Å². The van der Waals surface area contributed by atoms with Crippen molar-refractivity contribution in [3.63, 3.8) is 0 Å². The molecule has 0 radical (unpaired) electrons. The Balaban J connectivity index is 1.25. The molecule has 0 unspecified atom stereocenters. The van der Waals surface area contributed by atoms with Crippen molar-refractivity contribution in [1.82, 2.24) is 0 Å². The summed E-state index contributed by atoms with van der Waals surface area (Å²) >= 11 is 6.29. The van der Waals surface area contributed by atoms with E-state index < -0.39 is 17.8 Å². The summed E-state index contributed by atoms with van der Waals surface area (Å²) in [6, 6.07) is 31.3. The lowest BCUT2D eigenvalue weighted by atomic mass is 9.78. The summed E-state index contributed by atoms with van der Waals surface area (Å²) in [5.74, 6) is -1.20. The van der Waals surface area contributed by atoms with Crippen LogP contribution in [0.4, 0.5) is 11.4 Å². The zero-order chi connectivity index (χ0) is 29.1. The summed E-state index contributed by atoms with van der Waals surface area (Å²) in [5.41, 5.74) is 4.27. The first-order valence-electron chi connectivity index (χ1n) is 13.3. The predicted molar refractivity (Wildman–Crippen MR) is 161 cm³/mol. The Labute approximate surface area is 244 Å². The van der Waals surface area contributed by atoms with Gasteiger partial charge >= 0.3 is 5.97 Å². The van der Waals surface area contributed by atoms with Crippen LogP contribution in [0.3, 0.4) is 0 Å². The van der Waals surface area contributed by atoms with Gasteiger partial charge in [-0.2, -0.15) is 0 Å². The van der Waals surface area contributed by atoms with Crippen LogP contribution >= 0.6 is 11.6 Å². The number of rotatable bonds is 8. The van der Waals surface area contributed by atoms with Crippen molar-refractivity contribution in [2.75, 3.05) is 10.2 Å². The first kappa shape index (κ1) is 27.9. The molecule has 6 nitrogen and oxygen atoms in total. The van der Waals surface area contributed by atoms with Crippen molar-refractivity contribution < 1.29 is 19.1 Å². The van der Waals surface area contributed by atoms with Crippen molar-refractivity contribution in [2.45, 2.75) is 32.6 Å². The fourth-order valence-corrected chi connectivity index (χ4v) is 5.03. The smallest absolute Gasteiger partial charge is 0.343 e. The topological polar surface area (TPSA) is 75.7 Å². The highest BCUT2D eigenvalue weighted by atomic mass is 35.5. The fraction of sp³-hybridized carbons (Fsp3) is 0.147. The van der Waals surface area contributed by atoms with Gasteiger partial charge in [0.05, 0.1) is 11.3 Å². The second-order valence-corrected chi connectivity index (χ2v) is 10.6. The average Bonchev–Trinajstić information content (AvgIpc) is 3.20. The number of hydrogen-bond acceptors (Lipinski definition) is 5. The molecule has 0 atom stereocenters. The number of anilines is 2. The van der Waals surface area contributed by atoms with E-state index >= 15 is 0 Å². The lowest BCUT2D eigenvalue weighted by molar-refractivity contribution is -0.120. The fourth-order valence-electron chi connectivity index (χ4n) is 4.82. The predicted octanol–water partition coefficient (Wildman–Crippen LogP) is 7.23. The van der Waals surface area contributed by atoms with E-state index in [1.54, 1.807) is 48.5 Å². The summed E-state index contributed by atoms with van der Waals surface area (Å²) in [7, 11) is 0. The highest BCUT2D eigenvalue weighted by Gasteiger charge is 2.39. The Bertz CT molecular complexity index is 1640. The van der Waals surface area contributed by atoms with Gasteiger partial charge in [0.1, 0.15) is 16.5 Å². The molecule has 4 aromatic carbocycles. The summed E-state index contributed by atoms with van der Waals surface area (Å²) < 4.78 is 5.58. The number of imide groups is 1. The van der Waals surface area contributed by atoms with E-state index in [1.165, 1.54) is 5.56 Å². The third kappa shape index (κ3) is 5.52. The number of nitrogens with zero attached hydrogens (tertiary/aromatic N) is 1. The molecule has 0 fully saturated rings. The average molecular weight is 565 g/mol. The lowest BCUT2D eigenvalue weighted by Gasteiger charge is -2.26. The number of carbonyl (C=O) groups excluding carboxylic acids is 3. The van der Waals surface area contributed by atoms with E-state index in [-0.39, 0.29) is 16.1 Å². The van der Waals surface area contributed by atoms with Crippen LogP contribution in [0, 0.1) is 0 Å². The Morgan fingerprint density at radius 2 is 1.41 bits per heavy atom. The van der Waals surface area contributed by atoms with Crippen LogP contribution in [0.2, 0.25) is 0 Å². The third-order valence-corrected chi connectivity index (χ3v) is 7.66. The molecule has 0 aromatic heterocycles. The SMILES string of the molecule is CCc1ccccc1N1C(=O)C(Cl)=C(Nc2ccc(C(=O)Oc3ccc(C(C)(C)c4ccccc4)cc3)cc2)C1=O. The Kier molecular flexibility index (Phi) is 7.77. The quantitative estimate of drug-likeness (QED) is 0.139. The minimum Gasteiger partial charge on any atom is -0.423 e. The van der Waals surface area contributed by atoms with Crippen LogP contribution in [0.15, 0.2) is 114 Å². The van der Waals surface area contributed by atoms with Crippen molar-refractivity contribution in [3.05, 3.63) is 136 Å². The normalized spacial score (nSPS) is 13.5. The Morgan fingerprint density at radius 1 is 0.805 bits per heavy atom. The number of ether oxygens (including phenoxy) is 1. The Hall–Kier alpha value is -4.68. The molecule has 0 spiro atoms. The van der Waals surface area contributed by atoms with Crippen molar-refractivity contribution >= 4 is 40.8 Å². The first-order valence-corrected chi connectivity index (χ1v) is 13.7. The molecule has 5 rings (SSSR count). The largest absolute Gasteiger partial charge is 0.423 e. The first-order chi connectivity index (χ1) is 19.7. The van der Waals surface area contributed by atoms with Crippen LogP contribution < -0.4 is 15.0 Å². The molecule has 0 saturated heterocycles. The maximum atomic E-state index is 13.2. The van der Waals surface area contributed by atoms with E-state index in [0.717, 1.165) is 16.0 Å². The maximum Gasteiger partial charge on any atom is 0.343 e. The number of nitrogens with one attached hydrogen (secondary N) is 1. The van der Waals surface area contributed by atoms with Gasteiger partial charge in [-0.05, 0) is 65.6 Å². The van der Waals surface area contributed by atoms with Gasteiger partial charge in [0, 0.05) is 11.1 Å². The van der Waals surface area contributed by atoms with E-state index in [4.69, 9.17) is 16.3 Å². The number of para-hydroxylation sites is 1. The molecule has 206 valence electrons. The highest BCUT2D eigenvalue weighted by molar-refractivity contribution is 6.53. The minimum atomic E-state index is -0.585. The number of hydrogen-bond donors (Lipinski definition) is 1. The van der Waals surface area contributed by atoms with Gasteiger partial charge in [0.15, 0.2) is 0 Å². The number of halogens is 1. The number of benzene rings is 4. The second kappa shape index (κ2) is 11.4. The zero-order valence-electron chi connectivity index (χ0n) is 23.0. The van der Waals surface area contributed by atoms with Crippen molar-refractivity contribution in [2.24, 2.45) is 0 Å². The van der Waals surface area contributed by atoms with Crippen LogP contribution in [0.1, 0.15) is 47.8 Å². The molecule has 4 aromatic rings. The van der Waals surface area contributed by atoms with E-state index in [0.29, 0.717) is 29.1 Å². The third-order valence-electron chi connectivity index (χ3n) is 7.31. The molecule has 0 saturated carbocycles. The summed E-state index contributed by atoms with van der Waals surface area (Å²) in [5, 5.41) is 2.75. The Morgan fingerprint density at radius 3 is 2.07 bits per heavy atom. The van der Waals surface area contributed by atoms with Gasteiger partial charge in [-0.15, -0.1) is 0 Å². The standard InChI is InChI=1S/C34H29ClN2O4/c1-4-22-10-8-9-13-28(22)37-31(38)29(35)30(32(37)39)36-26-18-14-23(15-19-26)33(40)41-27-20-16-25(17-21-27)34(2,3)24-11-6-5-7-12-24/h5-21,36H,4H2,1-3H3. The zero-order valence-corrected chi connectivity index (χ0v) is 23.7. The molecular formula is C34H29ClN2O4. The van der Waals surface area contributed by atoms with Crippen LogP contribution in [0.25, 0.3) is 0 Å². The molecule has 0 aliphatic carbocycles. The van der Waals surface area contributed by atoms with E-state index in [9.17, 15) is 14.4 Å². The molecular weight excluding hydrogens is 536 g/mol. The maximum absolute atomic E-state index is 13.2. The van der Waals surface area contributed by atoms with Gasteiger partial charge in [-0.1, -0.05) is 93.0 Å². The molecule has 7 heteroatoms. The molecule has 41 heavy (non-hydrogen) atoms. The molecule has 1 aliphatic heterocycles. The minimum absolute atomic E-state index is 0.0172. The number of amides is 2. The number of aryl methyl sites for hydroxylation is 1. The summed E-state index contributed by atoms with van der Waals surface area (Å²) in [6.45, 7) is 6.25. The second-order valence-electron chi connectivity index (χ2n) is 10.2. The van der Waals surface area contributed by atoms with Gasteiger partial charge in [-0.3, -0.25) is 9.59 Å². The van der Waals surface area contributed by atoms with Crippen LogP contribution in [-0.2, 0) is 21.4 Å². The van der Waals surface area contributed by atoms with Crippen LogP contribution in [0.5, 0.6) is 5.75 Å². The van der Waals surface area contributed by atoms with E-state index in [1.807, 2.05) is 49.4 Å². The van der Waals surface area contributed by atoms with Gasteiger partial charge in [-0.25, -0.2) is 9.69 Å². The highest BCUT2D eigenvalue weighted by Crippen LogP contribution is 2.34. The number of esters is 1. The van der Waals surface area contributed by atoms with E-state index in [2.05, 4.69) is 31.3 Å². The monoisotopic (exact) mass is 564 g/mol. The molecule has 1 N–H and O–H groups in total. The summed E-state index contributed by atoms with van der Waals surface area (Å²) in [6.07, 6.45) is 0.654. The van der Waals surface area contributed by atoms with Crippen molar-refractivity contribution in [1.29, 1.82) is 0 Å². The van der Waals surface area contributed by atoms with Gasteiger partial charge in [0.2, 0.25) is 0 Å². The van der Waals surface area contributed by atoms with Gasteiger partial charge in [0.25, 0.3) is 11.8 Å². The van der Waals surface area contributed by atoms with Crippen LogP contribution in [-0.4, -0.2) is 17.8 Å². The molecule has 1 heterocycles. The molecule has 2 amide bonds. The number of carbonyl (C=O) groups is 3. The lowest BCUT2D eigenvalue weighted by Crippen LogP contribution is -2.33. The summed E-state index contributed by atoms with van der Waals surface area (Å²) in [4.78, 5) is 39.9. The molecule has 1 aliphatic rings. The van der Waals surface area contributed by atoms with Crippen molar-refractivity contribution in [3.8, 4) is 5.75 Å².